The summed E-state index contributed by atoms with van der Waals surface area (Å²) in [6, 6.07) is 25.2. The van der Waals surface area contributed by atoms with Crippen LogP contribution in [0.4, 0.5) is 0 Å². The third kappa shape index (κ3) is 2.47. The van der Waals surface area contributed by atoms with Crippen LogP contribution in [0.2, 0.25) is 0 Å². The first-order valence-electron chi connectivity index (χ1n) is 9.61. The highest BCUT2D eigenvalue weighted by atomic mass is 32.2. The van der Waals surface area contributed by atoms with Gasteiger partial charge in [0.2, 0.25) is 0 Å². The standard InChI is InChI=1S/C24H20N2O2S/c1-29-19-13-11-17(12-14-19)22(27)25-15-16-26-23(28)20-9-5-6-10-21(20)24(25,26)18-7-3-2-4-8-18/h2-14H,15-16H2,1H3. The maximum atomic E-state index is 13.7. The van der Waals surface area contributed by atoms with Gasteiger partial charge in [-0.15, -0.1) is 11.8 Å². The Balaban J connectivity index is 1.70. The zero-order chi connectivity index (χ0) is 20.0. The second kappa shape index (κ2) is 6.78. The van der Waals surface area contributed by atoms with E-state index in [4.69, 9.17) is 0 Å². The van der Waals surface area contributed by atoms with E-state index in [9.17, 15) is 9.59 Å². The molecule has 0 aliphatic carbocycles. The molecule has 1 saturated heterocycles. The van der Waals surface area contributed by atoms with Crippen LogP contribution in [0, 0.1) is 0 Å². The predicted octanol–water partition coefficient (Wildman–Crippen LogP) is 4.22. The fourth-order valence-electron chi connectivity index (χ4n) is 4.60. The zero-order valence-corrected chi connectivity index (χ0v) is 16.9. The number of thioether (sulfide) groups is 1. The number of carbonyl (C=O) groups excluding carboxylic acids is 2. The molecule has 3 aromatic rings. The second-order valence-electron chi connectivity index (χ2n) is 7.23. The molecule has 4 nitrogen and oxygen atoms in total. The molecule has 1 fully saturated rings. The van der Waals surface area contributed by atoms with Crippen molar-refractivity contribution in [2.75, 3.05) is 19.3 Å². The van der Waals surface area contributed by atoms with Crippen molar-refractivity contribution < 1.29 is 9.59 Å². The molecule has 29 heavy (non-hydrogen) atoms. The molecule has 2 heterocycles. The van der Waals surface area contributed by atoms with Crippen LogP contribution in [0.1, 0.15) is 31.8 Å². The number of nitrogens with zero attached hydrogens (tertiary/aromatic N) is 2. The zero-order valence-electron chi connectivity index (χ0n) is 16.0. The van der Waals surface area contributed by atoms with Gasteiger partial charge in [0.05, 0.1) is 0 Å². The van der Waals surface area contributed by atoms with Gasteiger partial charge in [-0.3, -0.25) is 9.59 Å². The molecule has 2 amide bonds. The van der Waals surface area contributed by atoms with Gasteiger partial charge in [0.1, 0.15) is 0 Å². The lowest BCUT2D eigenvalue weighted by atomic mass is 9.89. The molecule has 2 aliphatic heterocycles. The average molecular weight is 401 g/mol. The van der Waals surface area contributed by atoms with Gasteiger partial charge in [-0.2, -0.15) is 0 Å². The maximum Gasteiger partial charge on any atom is 0.256 e. The van der Waals surface area contributed by atoms with Crippen LogP contribution in [-0.4, -0.2) is 41.0 Å². The highest BCUT2D eigenvalue weighted by molar-refractivity contribution is 7.98. The summed E-state index contributed by atoms with van der Waals surface area (Å²) in [7, 11) is 0. The molecule has 3 aromatic carbocycles. The number of hydrogen-bond acceptors (Lipinski definition) is 3. The van der Waals surface area contributed by atoms with E-state index in [-0.39, 0.29) is 11.8 Å². The molecular formula is C24H20N2O2S. The molecule has 0 spiro atoms. The first-order chi connectivity index (χ1) is 14.2. The van der Waals surface area contributed by atoms with Crippen molar-refractivity contribution in [2.45, 2.75) is 10.6 Å². The van der Waals surface area contributed by atoms with E-state index in [0.29, 0.717) is 24.2 Å². The molecule has 1 atom stereocenters. The van der Waals surface area contributed by atoms with E-state index in [1.165, 1.54) is 0 Å². The fraction of sp³-hybridized carbons (Fsp3) is 0.167. The van der Waals surface area contributed by atoms with E-state index < -0.39 is 5.66 Å². The SMILES string of the molecule is CSc1ccc(C(=O)N2CCN3C(=O)c4ccccc4C23c2ccccc2)cc1. The summed E-state index contributed by atoms with van der Waals surface area (Å²) in [4.78, 5) is 31.7. The minimum Gasteiger partial charge on any atom is -0.306 e. The van der Waals surface area contributed by atoms with Gasteiger partial charge in [-0.25, -0.2) is 0 Å². The minimum absolute atomic E-state index is 0.0162. The Hall–Kier alpha value is -3.05. The minimum atomic E-state index is -0.899. The van der Waals surface area contributed by atoms with Gasteiger partial charge < -0.3 is 9.80 Å². The van der Waals surface area contributed by atoms with Gasteiger partial charge in [0.25, 0.3) is 11.8 Å². The summed E-state index contributed by atoms with van der Waals surface area (Å²) in [5.41, 5.74) is 2.22. The van der Waals surface area contributed by atoms with E-state index in [1.54, 1.807) is 11.8 Å². The normalized spacial score (nSPS) is 20.0. The van der Waals surface area contributed by atoms with Crippen molar-refractivity contribution in [1.82, 2.24) is 9.80 Å². The molecule has 5 heteroatoms. The van der Waals surface area contributed by atoms with E-state index in [0.717, 1.165) is 16.0 Å². The number of fused-ring (bicyclic) bond motifs is 3. The summed E-state index contributed by atoms with van der Waals surface area (Å²) >= 11 is 1.65. The Kier molecular flexibility index (Phi) is 4.21. The lowest BCUT2D eigenvalue weighted by Crippen LogP contribution is -2.51. The summed E-state index contributed by atoms with van der Waals surface area (Å²) in [5.74, 6) is -0.0778. The van der Waals surface area contributed by atoms with Crippen molar-refractivity contribution in [1.29, 1.82) is 0 Å². The highest BCUT2D eigenvalue weighted by Crippen LogP contribution is 2.49. The van der Waals surface area contributed by atoms with Crippen molar-refractivity contribution in [3.8, 4) is 0 Å². The molecule has 0 N–H and O–H groups in total. The van der Waals surface area contributed by atoms with Crippen LogP contribution in [0.3, 0.4) is 0 Å². The van der Waals surface area contributed by atoms with Crippen LogP contribution in [0.5, 0.6) is 0 Å². The topological polar surface area (TPSA) is 40.6 Å². The van der Waals surface area contributed by atoms with Crippen molar-refractivity contribution in [3.05, 3.63) is 101 Å². The second-order valence-corrected chi connectivity index (χ2v) is 8.11. The summed E-state index contributed by atoms with van der Waals surface area (Å²) in [6.07, 6.45) is 2.01. The molecule has 1 unspecified atom stereocenters. The predicted molar refractivity (Wildman–Crippen MR) is 114 cm³/mol. The first kappa shape index (κ1) is 18.0. The van der Waals surface area contributed by atoms with Crippen LogP contribution >= 0.6 is 11.8 Å². The number of benzene rings is 3. The van der Waals surface area contributed by atoms with Crippen LogP contribution in [-0.2, 0) is 5.66 Å². The third-order valence-corrected chi connectivity index (χ3v) is 6.61. The Morgan fingerprint density at radius 2 is 1.59 bits per heavy atom. The largest absolute Gasteiger partial charge is 0.306 e. The Morgan fingerprint density at radius 3 is 2.31 bits per heavy atom. The Labute approximate surface area is 174 Å². The number of amides is 2. The Morgan fingerprint density at radius 1 is 0.897 bits per heavy atom. The number of carbonyl (C=O) groups is 2. The van der Waals surface area contributed by atoms with E-state index in [1.807, 2.05) is 94.9 Å². The summed E-state index contributed by atoms with van der Waals surface area (Å²) < 4.78 is 0. The van der Waals surface area contributed by atoms with Crippen molar-refractivity contribution in [3.63, 3.8) is 0 Å². The van der Waals surface area contributed by atoms with Crippen LogP contribution in [0.25, 0.3) is 0 Å². The van der Waals surface area contributed by atoms with Gasteiger partial charge >= 0.3 is 0 Å². The van der Waals surface area contributed by atoms with E-state index >= 15 is 0 Å². The van der Waals surface area contributed by atoms with Crippen molar-refractivity contribution >= 4 is 23.6 Å². The monoisotopic (exact) mass is 400 g/mol. The lowest BCUT2D eigenvalue weighted by Gasteiger charge is -2.40. The van der Waals surface area contributed by atoms with Gasteiger partial charge in [0, 0.05) is 40.2 Å². The molecule has 0 saturated carbocycles. The first-order valence-corrected chi connectivity index (χ1v) is 10.8. The van der Waals surface area contributed by atoms with Crippen LogP contribution < -0.4 is 0 Å². The average Bonchev–Trinajstić information content (AvgIpc) is 3.30. The lowest BCUT2D eigenvalue weighted by molar-refractivity contribution is 0.0375. The molecule has 0 radical (unpaired) electrons. The van der Waals surface area contributed by atoms with Crippen molar-refractivity contribution in [2.24, 2.45) is 0 Å². The third-order valence-electron chi connectivity index (χ3n) is 5.87. The molecule has 0 bridgehead atoms. The van der Waals surface area contributed by atoms with E-state index in [2.05, 4.69) is 0 Å². The maximum absolute atomic E-state index is 13.7. The van der Waals surface area contributed by atoms with Gasteiger partial charge in [0.15, 0.2) is 5.66 Å². The van der Waals surface area contributed by atoms with Gasteiger partial charge in [-0.05, 0) is 36.6 Å². The number of rotatable bonds is 3. The molecular weight excluding hydrogens is 380 g/mol. The number of hydrogen-bond donors (Lipinski definition) is 0. The van der Waals surface area contributed by atoms with Gasteiger partial charge in [-0.1, -0.05) is 48.5 Å². The quantitative estimate of drug-likeness (QED) is 0.618. The summed E-state index contributed by atoms with van der Waals surface area (Å²) in [5, 5.41) is 0. The fourth-order valence-corrected chi connectivity index (χ4v) is 5.01. The molecule has 5 rings (SSSR count). The molecule has 2 aliphatic rings. The van der Waals surface area contributed by atoms with Crippen LogP contribution in [0.15, 0.2) is 83.8 Å². The highest BCUT2D eigenvalue weighted by Gasteiger charge is 2.59. The molecule has 0 aromatic heterocycles. The smallest absolute Gasteiger partial charge is 0.256 e. The molecule has 144 valence electrons. The Bertz CT molecular complexity index is 1100. The summed E-state index contributed by atoms with van der Waals surface area (Å²) in [6.45, 7) is 1.01.